The van der Waals surface area contributed by atoms with Gasteiger partial charge < -0.3 is 19.3 Å². The van der Waals surface area contributed by atoms with Crippen LogP contribution in [0.1, 0.15) is 24.3 Å². The molecule has 1 saturated heterocycles. The van der Waals surface area contributed by atoms with E-state index in [4.69, 9.17) is 21.4 Å². The minimum Gasteiger partial charge on any atom is -0.394 e. The maximum atomic E-state index is 12.6. The average molecular weight is 287 g/mol. The second-order valence-electron chi connectivity index (χ2n) is 4.77. The number of aliphatic hydroxyl groups is 1. The van der Waals surface area contributed by atoms with Crippen molar-refractivity contribution in [1.29, 1.82) is 0 Å². The molecule has 2 unspecified atom stereocenters. The molecule has 0 saturated carbocycles. The Morgan fingerprint density at radius 3 is 3.00 bits per heavy atom. The van der Waals surface area contributed by atoms with E-state index in [1.807, 2.05) is 18.4 Å². The molecule has 5 nitrogen and oxygen atoms in total. The van der Waals surface area contributed by atoms with Crippen LogP contribution in [0, 0.1) is 0 Å². The van der Waals surface area contributed by atoms with Crippen LogP contribution < -0.4 is 0 Å². The predicted octanol–water partition coefficient (Wildman–Crippen LogP) is 1.38. The number of carbonyl (C=O) groups is 1. The summed E-state index contributed by atoms with van der Waals surface area (Å²) in [7, 11) is 0. The van der Waals surface area contributed by atoms with Crippen LogP contribution in [0.4, 0.5) is 0 Å². The van der Waals surface area contributed by atoms with Crippen LogP contribution >= 0.6 is 11.6 Å². The molecule has 1 aliphatic heterocycles. The largest absolute Gasteiger partial charge is 0.394 e. The molecule has 1 aromatic rings. The second-order valence-corrected chi connectivity index (χ2v) is 5.21. The zero-order valence-corrected chi connectivity index (χ0v) is 11.9. The molecule has 0 aliphatic carbocycles. The third-order valence-electron chi connectivity index (χ3n) is 3.39. The Hall–Kier alpha value is -1.04. The molecule has 2 atom stereocenters. The van der Waals surface area contributed by atoms with Gasteiger partial charge in [0.15, 0.2) is 0 Å². The average Bonchev–Trinajstić information content (AvgIpc) is 2.79. The molecular formula is C13H19ClN2O3. The molecule has 19 heavy (non-hydrogen) atoms. The van der Waals surface area contributed by atoms with Gasteiger partial charge in [-0.15, -0.1) is 0 Å². The first-order valence-electron chi connectivity index (χ1n) is 6.46. The van der Waals surface area contributed by atoms with Gasteiger partial charge in [0.1, 0.15) is 5.69 Å². The molecule has 1 aromatic heterocycles. The standard InChI is InChI=1S/C13H19ClN2O3/c1-3-15-5-10(14)4-12(15)13(18)16-6-11(7-17)19-8-9(16)2/h4-5,9,11,17H,3,6-8H2,1-2H3. The number of aryl methyl sites for hydroxylation is 1. The van der Waals surface area contributed by atoms with E-state index in [0.29, 0.717) is 30.4 Å². The number of morpholine rings is 1. The van der Waals surface area contributed by atoms with Gasteiger partial charge in [-0.3, -0.25) is 4.79 Å². The summed E-state index contributed by atoms with van der Waals surface area (Å²) < 4.78 is 7.27. The van der Waals surface area contributed by atoms with Crippen LogP contribution in [0.15, 0.2) is 12.3 Å². The van der Waals surface area contributed by atoms with E-state index >= 15 is 0 Å². The fourth-order valence-corrected chi connectivity index (χ4v) is 2.49. The van der Waals surface area contributed by atoms with Crippen molar-refractivity contribution < 1.29 is 14.6 Å². The highest BCUT2D eigenvalue weighted by Gasteiger charge is 2.31. The maximum Gasteiger partial charge on any atom is 0.270 e. The van der Waals surface area contributed by atoms with Gasteiger partial charge in [0.25, 0.3) is 5.91 Å². The first kappa shape index (κ1) is 14.4. The quantitative estimate of drug-likeness (QED) is 0.913. The summed E-state index contributed by atoms with van der Waals surface area (Å²) in [4.78, 5) is 14.3. The first-order valence-corrected chi connectivity index (χ1v) is 6.83. The van der Waals surface area contributed by atoms with Crippen LogP contribution in [0.25, 0.3) is 0 Å². The van der Waals surface area contributed by atoms with Crippen LogP contribution in [-0.4, -0.2) is 52.4 Å². The van der Waals surface area contributed by atoms with Crippen LogP contribution in [0.3, 0.4) is 0 Å². The number of carbonyl (C=O) groups excluding carboxylic acids is 1. The van der Waals surface area contributed by atoms with Crippen LogP contribution in [0.5, 0.6) is 0 Å². The molecule has 1 aliphatic rings. The molecule has 1 N–H and O–H groups in total. The number of aromatic nitrogens is 1. The van der Waals surface area contributed by atoms with Gasteiger partial charge in [-0.2, -0.15) is 0 Å². The van der Waals surface area contributed by atoms with Gasteiger partial charge in [0, 0.05) is 19.3 Å². The molecule has 0 spiro atoms. The number of aliphatic hydroxyl groups excluding tert-OH is 1. The third-order valence-corrected chi connectivity index (χ3v) is 3.60. The molecule has 0 aromatic carbocycles. The van der Waals surface area contributed by atoms with Crippen molar-refractivity contribution in [3.05, 3.63) is 23.0 Å². The Kier molecular flexibility index (Phi) is 4.50. The molecule has 0 bridgehead atoms. The zero-order chi connectivity index (χ0) is 14.0. The molecule has 106 valence electrons. The van der Waals surface area contributed by atoms with Gasteiger partial charge in [-0.1, -0.05) is 11.6 Å². The van der Waals surface area contributed by atoms with E-state index < -0.39 is 0 Å². The number of halogens is 1. The van der Waals surface area contributed by atoms with E-state index in [-0.39, 0.29) is 24.7 Å². The lowest BCUT2D eigenvalue weighted by molar-refractivity contribution is -0.0669. The van der Waals surface area contributed by atoms with E-state index in [1.165, 1.54) is 0 Å². The lowest BCUT2D eigenvalue weighted by Crippen LogP contribution is -2.52. The normalized spacial score (nSPS) is 23.7. The Bertz CT molecular complexity index is 461. The number of amides is 1. The van der Waals surface area contributed by atoms with Crippen LogP contribution in [-0.2, 0) is 11.3 Å². The van der Waals surface area contributed by atoms with E-state index in [2.05, 4.69) is 0 Å². The van der Waals surface area contributed by atoms with Gasteiger partial charge >= 0.3 is 0 Å². The van der Waals surface area contributed by atoms with E-state index in [1.54, 1.807) is 17.2 Å². The van der Waals surface area contributed by atoms with E-state index in [9.17, 15) is 4.79 Å². The Morgan fingerprint density at radius 1 is 1.63 bits per heavy atom. The van der Waals surface area contributed by atoms with Gasteiger partial charge in [-0.25, -0.2) is 0 Å². The summed E-state index contributed by atoms with van der Waals surface area (Å²) in [5, 5.41) is 9.72. The third kappa shape index (κ3) is 2.94. The van der Waals surface area contributed by atoms with Crippen molar-refractivity contribution in [3.63, 3.8) is 0 Å². The zero-order valence-electron chi connectivity index (χ0n) is 11.2. The Labute approximate surface area is 117 Å². The minimum absolute atomic E-state index is 0.00529. The molecule has 2 heterocycles. The fourth-order valence-electron chi connectivity index (χ4n) is 2.27. The Balaban J connectivity index is 2.21. The van der Waals surface area contributed by atoms with E-state index in [0.717, 1.165) is 0 Å². The van der Waals surface area contributed by atoms with Crippen molar-refractivity contribution in [3.8, 4) is 0 Å². The number of hydrogen-bond acceptors (Lipinski definition) is 3. The smallest absolute Gasteiger partial charge is 0.270 e. The summed E-state index contributed by atoms with van der Waals surface area (Å²) in [6.45, 7) is 5.36. The maximum absolute atomic E-state index is 12.6. The highest BCUT2D eigenvalue weighted by molar-refractivity contribution is 6.31. The lowest BCUT2D eigenvalue weighted by atomic mass is 10.2. The van der Waals surface area contributed by atoms with Crippen molar-refractivity contribution in [2.24, 2.45) is 0 Å². The molecule has 2 rings (SSSR count). The minimum atomic E-state index is -0.305. The summed E-state index contributed by atoms with van der Waals surface area (Å²) in [5.41, 5.74) is 0.581. The topological polar surface area (TPSA) is 54.7 Å². The van der Waals surface area contributed by atoms with Gasteiger partial charge in [0.2, 0.25) is 0 Å². The SMILES string of the molecule is CCn1cc(Cl)cc1C(=O)N1CC(CO)OCC1C. The first-order chi connectivity index (χ1) is 9.06. The van der Waals surface area contributed by atoms with Crippen molar-refractivity contribution in [1.82, 2.24) is 9.47 Å². The number of rotatable bonds is 3. The highest BCUT2D eigenvalue weighted by Crippen LogP contribution is 2.19. The monoisotopic (exact) mass is 286 g/mol. The van der Waals surface area contributed by atoms with Crippen LogP contribution in [0.2, 0.25) is 5.02 Å². The van der Waals surface area contributed by atoms with Crippen molar-refractivity contribution in [2.75, 3.05) is 19.8 Å². The molecule has 1 amide bonds. The molecular weight excluding hydrogens is 268 g/mol. The van der Waals surface area contributed by atoms with Crippen molar-refractivity contribution in [2.45, 2.75) is 32.5 Å². The lowest BCUT2D eigenvalue weighted by Gasteiger charge is -2.37. The number of nitrogens with zero attached hydrogens (tertiary/aromatic N) is 2. The molecule has 6 heteroatoms. The summed E-state index contributed by atoms with van der Waals surface area (Å²) in [6.07, 6.45) is 1.45. The number of ether oxygens (including phenoxy) is 1. The Morgan fingerprint density at radius 2 is 2.37 bits per heavy atom. The molecule has 1 fully saturated rings. The van der Waals surface area contributed by atoms with Gasteiger partial charge in [-0.05, 0) is 19.9 Å². The number of hydrogen-bond donors (Lipinski definition) is 1. The highest BCUT2D eigenvalue weighted by atomic mass is 35.5. The molecule has 0 radical (unpaired) electrons. The summed E-state index contributed by atoms with van der Waals surface area (Å²) in [5.74, 6) is -0.0667. The predicted molar refractivity (Wildman–Crippen MR) is 72.4 cm³/mol. The summed E-state index contributed by atoms with van der Waals surface area (Å²) in [6, 6.07) is 1.68. The second kappa shape index (κ2) is 5.94. The van der Waals surface area contributed by atoms with Crippen molar-refractivity contribution >= 4 is 17.5 Å². The van der Waals surface area contributed by atoms with Gasteiger partial charge in [0.05, 0.1) is 30.4 Å². The fraction of sp³-hybridized carbons (Fsp3) is 0.615. The summed E-state index contributed by atoms with van der Waals surface area (Å²) >= 11 is 5.96.